The minimum atomic E-state index is 0.538. The van der Waals surface area contributed by atoms with Crippen LogP contribution in [0.25, 0.3) is 0 Å². The highest BCUT2D eigenvalue weighted by Gasteiger charge is 2.34. The summed E-state index contributed by atoms with van der Waals surface area (Å²) in [7, 11) is 0. The van der Waals surface area contributed by atoms with E-state index in [1.807, 2.05) is 6.20 Å². The maximum absolute atomic E-state index is 4.44. The second-order valence-corrected chi connectivity index (χ2v) is 7.36. The molecule has 1 aliphatic carbocycles. The van der Waals surface area contributed by atoms with Crippen LogP contribution in [0.4, 0.5) is 0 Å². The molecule has 1 aromatic heterocycles. The Balaban J connectivity index is 1.51. The Labute approximate surface area is 126 Å². The van der Waals surface area contributed by atoms with Crippen molar-refractivity contribution in [2.45, 2.75) is 63.5 Å². The normalized spacial score (nSPS) is 32.4. The molecule has 2 N–H and O–H groups in total. The van der Waals surface area contributed by atoms with Crippen molar-refractivity contribution in [1.29, 1.82) is 0 Å². The van der Waals surface area contributed by atoms with Gasteiger partial charge in [-0.05, 0) is 38.1 Å². The maximum Gasteiger partial charge on any atom is 0.0965 e. The van der Waals surface area contributed by atoms with E-state index in [0.717, 1.165) is 18.5 Å². The lowest BCUT2D eigenvalue weighted by molar-refractivity contribution is 0.256. The van der Waals surface area contributed by atoms with Crippen molar-refractivity contribution in [2.24, 2.45) is 5.92 Å². The van der Waals surface area contributed by atoms with Crippen LogP contribution in [0.15, 0.2) is 11.6 Å². The monoisotopic (exact) mass is 293 g/mol. The SMILES string of the molecule is CC(CNC1CCCC1C1CCCCN1)c1nccs1. The summed E-state index contributed by atoms with van der Waals surface area (Å²) in [5, 5.41) is 10.9. The molecule has 3 rings (SSSR count). The fraction of sp³-hybridized carbons (Fsp3) is 0.812. The quantitative estimate of drug-likeness (QED) is 0.875. The molecule has 0 amide bonds. The highest BCUT2D eigenvalue weighted by molar-refractivity contribution is 7.09. The number of hydrogen-bond acceptors (Lipinski definition) is 4. The molecule has 112 valence electrons. The molecule has 1 aliphatic heterocycles. The van der Waals surface area contributed by atoms with E-state index in [2.05, 4.69) is 27.9 Å². The van der Waals surface area contributed by atoms with Gasteiger partial charge in [0.05, 0.1) is 5.01 Å². The van der Waals surface area contributed by atoms with Crippen LogP contribution in [0.5, 0.6) is 0 Å². The van der Waals surface area contributed by atoms with E-state index in [1.54, 1.807) is 11.3 Å². The van der Waals surface area contributed by atoms with Gasteiger partial charge in [0.2, 0.25) is 0 Å². The molecular weight excluding hydrogens is 266 g/mol. The van der Waals surface area contributed by atoms with Crippen molar-refractivity contribution < 1.29 is 0 Å². The topological polar surface area (TPSA) is 37.0 Å². The van der Waals surface area contributed by atoms with Crippen LogP contribution in [0.2, 0.25) is 0 Å². The van der Waals surface area contributed by atoms with Gasteiger partial charge in [-0.25, -0.2) is 4.98 Å². The lowest BCUT2D eigenvalue weighted by Gasteiger charge is -2.33. The fourth-order valence-corrected chi connectivity index (χ4v) is 4.56. The number of nitrogens with one attached hydrogen (secondary N) is 2. The Bertz CT molecular complexity index is 386. The fourth-order valence-electron chi connectivity index (χ4n) is 3.86. The zero-order valence-corrected chi connectivity index (χ0v) is 13.3. The Kier molecular flexibility index (Phi) is 5.08. The van der Waals surface area contributed by atoms with Crippen LogP contribution >= 0.6 is 11.3 Å². The highest BCUT2D eigenvalue weighted by Crippen LogP contribution is 2.32. The number of piperidine rings is 1. The van der Waals surface area contributed by atoms with Gasteiger partial charge in [0.15, 0.2) is 0 Å². The van der Waals surface area contributed by atoms with Gasteiger partial charge in [-0.15, -0.1) is 11.3 Å². The summed E-state index contributed by atoms with van der Waals surface area (Å²) < 4.78 is 0. The van der Waals surface area contributed by atoms with Gasteiger partial charge in [-0.2, -0.15) is 0 Å². The van der Waals surface area contributed by atoms with Crippen LogP contribution in [0, 0.1) is 5.92 Å². The molecular formula is C16H27N3S. The van der Waals surface area contributed by atoms with Crippen LogP contribution in [0.3, 0.4) is 0 Å². The predicted molar refractivity (Wildman–Crippen MR) is 85.3 cm³/mol. The number of thiazole rings is 1. The van der Waals surface area contributed by atoms with Gasteiger partial charge >= 0.3 is 0 Å². The predicted octanol–water partition coefficient (Wildman–Crippen LogP) is 3.15. The van der Waals surface area contributed by atoms with E-state index < -0.39 is 0 Å². The van der Waals surface area contributed by atoms with E-state index in [4.69, 9.17) is 0 Å². The van der Waals surface area contributed by atoms with Gasteiger partial charge in [0.25, 0.3) is 0 Å². The molecule has 0 bridgehead atoms. The zero-order chi connectivity index (χ0) is 13.8. The first kappa shape index (κ1) is 14.5. The van der Waals surface area contributed by atoms with Gasteiger partial charge in [0.1, 0.15) is 0 Å². The van der Waals surface area contributed by atoms with Crippen molar-refractivity contribution in [2.75, 3.05) is 13.1 Å². The van der Waals surface area contributed by atoms with Gasteiger partial charge in [0, 0.05) is 36.1 Å². The molecule has 3 nitrogen and oxygen atoms in total. The largest absolute Gasteiger partial charge is 0.314 e. The third-order valence-electron chi connectivity index (χ3n) is 4.99. The van der Waals surface area contributed by atoms with E-state index in [9.17, 15) is 0 Å². The van der Waals surface area contributed by atoms with Crippen molar-refractivity contribution in [3.05, 3.63) is 16.6 Å². The summed E-state index contributed by atoms with van der Waals surface area (Å²) in [6.07, 6.45) is 10.2. The molecule has 4 atom stereocenters. The maximum atomic E-state index is 4.44. The number of aromatic nitrogens is 1. The average molecular weight is 293 g/mol. The number of rotatable bonds is 5. The van der Waals surface area contributed by atoms with Gasteiger partial charge in [-0.1, -0.05) is 19.8 Å². The zero-order valence-electron chi connectivity index (χ0n) is 12.5. The Morgan fingerprint density at radius 1 is 1.35 bits per heavy atom. The molecule has 1 aromatic rings. The standard InChI is InChI=1S/C16H27N3S/c1-12(16-18-9-10-20-16)11-19-15-7-4-5-13(15)14-6-2-3-8-17-14/h9-10,12-15,17,19H,2-8,11H2,1H3. The Morgan fingerprint density at radius 3 is 3.05 bits per heavy atom. The summed E-state index contributed by atoms with van der Waals surface area (Å²) in [6, 6.07) is 1.48. The van der Waals surface area contributed by atoms with Gasteiger partial charge in [-0.3, -0.25) is 0 Å². The molecule has 2 fully saturated rings. The molecule has 1 saturated carbocycles. The Morgan fingerprint density at radius 2 is 2.30 bits per heavy atom. The summed E-state index contributed by atoms with van der Waals surface area (Å²) in [6.45, 7) is 4.58. The first-order valence-corrected chi connectivity index (χ1v) is 9.08. The third kappa shape index (κ3) is 3.41. The molecule has 4 unspecified atom stereocenters. The summed E-state index contributed by atoms with van der Waals surface area (Å²) >= 11 is 1.78. The first-order valence-electron chi connectivity index (χ1n) is 8.21. The van der Waals surface area contributed by atoms with Gasteiger partial charge < -0.3 is 10.6 Å². The van der Waals surface area contributed by atoms with Crippen molar-refractivity contribution in [3.8, 4) is 0 Å². The minimum absolute atomic E-state index is 0.538. The molecule has 1 saturated heterocycles. The second-order valence-electron chi connectivity index (χ2n) is 6.44. The van der Waals surface area contributed by atoms with Crippen LogP contribution in [-0.4, -0.2) is 30.2 Å². The Hall–Kier alpha value is -0.450. The third-order valence-corrected chi connectivity index (χ3v) is 6.00. The number of hydrogen-bond donors (Lipinski definition) is 2. The molecule has 20 heavy (non-hydrogen) atoms. The molecule has 2 aliphatic rings. The first-order chi connectivity index (χ1) is 9.84. The summed E-state index contributed by atoms with van der Waals surface area (Å²) in [4.78, 5) is 4.44. The minimum Gasteiger partial charge on any atom is -0.314 e. The van der Waals surface area contributed by atoms with Crippen molar-refractivity contribution in [3.63, 3.8) is 0 Å². The van der Waals surface area contributed by atoms with Crippen molar-refractivity contribution in [1.82, 2.24) is 15.6 Å². The number of nitrogens with zero attached hydrogens (tertiary/aromatic N) is 1. The van der Waals surface area contributed by atoms with Crippen molar-refractivity contribution >= 4 is 11.3 Å². The summed E-state index contributed by atoms with van der Waals surface area (Å²) in [5.41, 5.74) is 0. The lowest BCUT2D eigenvalue weighted by Crippen LogP contribution is -2.47. The van der Waals surface area contributed by atoms with Crippen LogP contribution in [-0.2, 0) is 0 Å². The molecule has 0 spiro atoms. The van der Waals surface area contributed by atoms with E-state index in [-0.39, 0.29) is 0 Å². The van der Waals surface area contributed by atoms with E-state index in [0.29, 0.717) is 12.0 Å². The lowest BCUT2D eigenvalue weighted by atomic mass is 9.88. The van der Waals surface area contributed by atoms with E-state index in [1.165, 1.54) is 50.1 Å². The molecule has 0 radical (unpaired) electrons. The molecule has 4 heteroatoms. The van der Waals surface area contributed by atoms with E-state index >= 15 is 0 Å². The second kappa shape index (κ2) is 7.01. The molecule has 0 aromatic carbocycles. The van der Waals surface area contributed by atoms with Crippen LogP contribution < -0.4 is 10.6 Å². The average Bonchev–Trinajstić information content (AvgIpc) is 3.17. The summed E-state index contributed by atoms with van der Waals surface area (Å²) in [5.74, 6) is 1.38. The van der Waals surface area contributed by atoms with Crippen LogP contribution in [0.1, 0.15) is 56.4 Å². The molecule has 2 heterocycles. The highest BCUT2D eigenvalue weighted by atomic mass is 32.1. The smallest absolute Gasteiger partial charge is 0.0965 e.